The number of carbonyl (C=O) groups excluding carboxylic acids is 1. The van der Waals surface area contributed by atoms with Crippen molar-refractivity contribution in [2.24, 2.45) is 5.92 Å². The minimum Gasteiger partial charge on any atom is -0.396 e. The lowest BCUT2D eigenvalue weighted by atomic mass is 10.0. The molecule has 0 spiro atoms. The van der Waals surface area contributed by atoms with Gasteiger partial charge >= 0.3 is 0 Å². The number of carbonyl (C=O) groups is 1. The van der Waals surface area contributed by atoms with Crippen molar-refractivity contribution in [2.45, 2.75) is 38.6 Å². The second-order valence-electron chi connectivity index (χ2n) is 4.16. The molecule has 1 saturated heterocycles. The second kappa shape index (κ2) is 6.80. The van der Waals surface area contributed by atoms with E-state index in [1.54, 1.807) is 0 Å². The Morgan fingerprint density at radius 2 is 2.40 bits per heavy atom. The Kier molecular flexibility index (Phi) is 5.65. The van der Waals surface area contributed by atoms with Crippen LogP contribution < -0.4 is 5.32 Å². The van der Waals surface area contributed by atoms with Gasteiger partial charge in [-0.2, -0.15) is 0 Å². The Bertz CT molecular complexity index is 190. The fourth-order valence-electron chi connectivity index (χ4n) is 1.79. The molecular formula is C11H21NO3. The summed E-state index contributed by atoms with van der Waals surface area (Å²) in [6.45, 7) is 3.77. The van der Waals surface area contributed by atoms with Crippen LogP contribution >= 0.6 is 0 Å². The molecule has 1 aliphatic rings. The van der Waals surface area contributed by atoms with Gasteiger partial charge in [0.05, 0.1) is 6.61 Å². The molecule has 0 aromatic heterocycles. The van der Waals surface area contributed by atoms with E-state index in [1.807, 2.05) is 6.92 Å². The molecule has 0 aliphatic carbocycles. The average Bonchev–Trinajstić information content (AvgIpc) is 2.70. The summed E-state index contributed by atoms with van der Waals surface area (Å²) in [6.07, 6.45) is 3.02. The predicted octanol–water partition coefficient (Wildman–Crippen LogP) is 0.690. The van der Waals surface area contributed by atoms with Crippen molar-refractivity contribution in [3.63, 3.8) is 0 Å². The van der Waals surface area contributed by atoms with Crippen molar-refractivity contribution in [3.8, 4) is 0 Å². The van der Waals surface area contributed by atoms with Gasteiger partial charge in [-0.25, -0.2) is 0 Å². The van der Waals surface area contributed by atoms with E-state index in [4.69, 9.17) is 9.84 Å². The molecule has 4 nitrogen and oxygen atoms in total. The highest BCUT2D eigenvalue weighted by Gasteiger charge is 2.23. The fraction of sp³-hybridized carbons (Fsp3) is 0.909. The van der Waals surface area contributed by atoms with E-state index in [0.717, 1.165) is 26.1 Å². The number of nitrogens with one attached hydrogen (secondary N) is 1. The third-order valence-corrected chi connectivity index (χ3v) is 2.87. The third-order valence-electron chi connectivity index (χ3n) is 2.87. The zero-order valence-electron chi connectivity index (χ0n) is 9.37. The van der Waals surface area contributed by atoms with Crippen molar-refractivity contribution in [3.05, 3.63) is 0 Å². The molecule has 2 unspecified atom stereocenters. The SMILES string of the molecule is CC(NC(=O)CCCCO)C1CCOC1. The van der Waals surface area contributed by atoms with Crippen LogP contribution in [0.4, 0.5) is 0 Å². The van der Waals surface area contributed by atoms with Gasteiger partial charge in [0.2, 0.25) is 5.91 Å². The van der Waals surface area contributed by atoms with Crippen molar-refractivity contribution in [1.82, 2.24) is 5.32 Å². The number of ether oxygens (including phenoxy) is 1. The fourth-order valence-corrected chi connectivity index (χ4v) is 1.79. The van der Waals surface area contributed by atoms with E-state index in [1.165, 1.54) is 0 Å². The molecule has 2 N–H and O–H groups in total. The van der Waals surface area contributed by atoms with Crippen molar-refractivity contribution < 1.29 is 14.6 Å². The molecule has 0 bridgehead atoms. The molecule has 1 aliphatic heterocycles. The van der Waals surface area contributed by atoms with Crippen molar-refractivity contribution in [1.29, 1.82) is 0 Å². The molecule has 0 aromatic rings. The maximum Gasteiger partial charge on any atom is 0.220 e. The highest BCUT2D eigenvalue weighted by Crippen LogP contribution is 2.16. The molecule has 1 amide bonds. The monoisotopic (exact) mass is 215 g/mol. The highest BCUT2D eigenvalue weighted by molar-refractivity contribution is 5.76. The summed E-state index contributed by atoms with van der Waals surface area (Å²) in [5, 5.41) is 11.6. The maximum atomic E-state index is 11.5. The van der Waals surface area contributed by atoms with Crippen LogP contribution in [0.3, 0.4) is 0 Å². The summed E-state index contributed by atoms with van der Waals surface area (Å²) < 4.78 is 5.27. The van der Waals surface area contributed by atoms with E-state index < -0.39 is 0 Å². The van der Waals surface area contributed by atoms with Gasteiger partial charge in [-0.15, -0.1) is 0 Å². The Balaban J connectivity index is 2.13. The maximum absolute atomic E-state index is 11.5. The molecule has 1 heterocycles. The van der Waals surface area contributed by atoms with Gasteiger partial charge in [-0.3, -0.25) is 4.79 Å². The molecule has 0 saturated carbocycles. The number of hydrogen-bond donors (Lipinski definition) is 2. The first-order valence-electron chi connectivity index (χ1n) is 5.72. The van der Waals surface area contributed by atoms with Crippen LogP contribution in [0.1, 0.15) is 32.6 Å². The molecule has 1 rings (SSSR count). The molecule has 15 heavy (non-hydrogen) atoms. The number of aliphatic hydroxyl groups is 1. The van der Waals surface area contributed by atoms with E-state index in [-0.39, 0.29) is 18.6 Å². The van der Waals surface area contributed by atoms with Crippen LogP contribution in [0.15, 0.2) is 0 Å². The molecule has 0 radical (unpaired) electrons. The zero-order valence-corrected chi connectivity index (χ0v) is 9.37. The molecule has 4 heteroatoms. The Labute approximate surface area is 91.0 Å². The molecule has 0 aromatic carbocycles. The Morgan fingerprint density at radius 1 is 1.60 bits per heavy atom. The lowest BCUT2D eigenvalue weighted by molar-refractivity contribution is -0.122. The number of rotatable bonds is 6. The summed E-state index contributed by atoms with van der Waals surface area (Å²) >= 11 is 0. The summed E-state index contributed by atoms with van der Waals surface area (Å²) in [7, 11) is 0. The Morgan fingerprint density at radius 3 is 3.00 bits per heavy atom. The highest BCUT2D eigenvalue weighted by atomic mass is 16.5. The molecule has 1 fully saturated rings. The van der Waals surface area contributed by atoms with E-state index in [0.29, 0.717) is 18.8 Å². The van der Waals surface area contributed by atoms with Crippen molar-refractivity contribution >= 4 is 5.91 Å². The summed E-state index contributed by atoms with van der Waals surface area (Å²) in [6, 6.07) is 0.203. The van der Waals surface area contributed by atoms with Gasteiger partial charge in [-0.05, 0) is 26.2 Å². The van der Waals surface area contributed by atoms with Crippen LogP contribution in [0.2, 0.25) is 0 Å². The minimum absolute atomic E-state index is 0.0860. The quantitative estimate of drug-likeness (QED) is 0.641. The molecule has 2 atom stereocenters. The van der Waals surface area contributed by atoms with Crippen LogP contribution in [0.25, 0.3) is 0 Å². The smallest absolute Gasteiger partial charge is 0.220 e. The molecule has 88 valence electrons. The van der Waals surface area contributed by atoms with Gasteiger partial charge < -0.3 is 15.2 Å². The van der Waals surface area contributed by atoms with Crippen LogP contribution in [0, 0.1) is 5.92 Å². The summed E-state index contributed by atoms with van der Waals surface area (Å²) in [5.41, 5.74) is 0. The lowest BCUT2D eigenvalue weighted by Crippen LogP contribution is -2.38. The molecular weight excluding hydrogens is 194 g/mol. The van der Waals surface area contributed by atoms with Crippen molar-refractivity contribution in [2.75, 3.05) is 19.8 Å². The first-order chi connectivity index (χ1) is 7.24. The zero-order chi connectivity index (χ0) is 11.1. The number of amides is 1. The standard InChI is InChI=1S/C11H21NO3/c1-9(10-5-7-15-8-10)12-11(14)4-2-3-6-13/h9-10,13H,2-8H2,1H3,(H,12,14). The van der Waals surface area contributed by atoms with Gasteiger partial charge in [0.1, 0.15) is 0 Å². The normalized spacial score (nSPS) is 22.7. The largest absolute Gasteiger partial charge is 0.396 e. The van der Waals surface area contributed by atoms with Gasteiger partial charge in [0.15, 0.2) is 0 Å². The summed E-state index contributed by atoms with van der Waals surface area (Å²) in [5.74, 6) is 0.551. The predicted molar refractivity (Wildman–Crippen MR) is 57.5 cm³/mol. The third kappa shape index (κ3) is 4.62. The minimum atomic E-state index is 0.0860. The van der Waals surface area contributed by atoms with Gasteiger partial charge in [-0.1, -0.05) is 0 Å². The first kappa shape index (κ1) is 12.5. The van der Waals surface area contributed by atoms with Gasteiger partial charge in [0.25, 0.3) is 0 Å². The number of aliphatic hydroxyl groups excluding tert-OH is 1. The number of unbranched alkanes of at least 4 members (excludes halogenated alkanes) is 1. The topological polar surface area (TPSA) is 58.6 Å². The first-order valence-corrected chi connectivity index (χ1v) is 5.72. The van der Waals surface area contributed by atoms with Gasteiger partial charge in [0, 0.05) is 31.6 Å². The van der Waals surface area contributed by atoms with Crippen LogP contribution in [0.5, 0.6) is 0 Å². The lowest BCUT2D eigenvalue weighted by Gasteiger charge is -2.19. The second-order valence-corrected chi connectivity index (χ2v) is 4.16. The van der Waals surface area contributed by atoms with E-state index >= 15 is 0 Å². The Hall–Kier alpha value is -0.610. The number of hydrogen-bond acceptors (Lipinski definition) is 3. The van der Waals surface area contributed by atoms with E-state index in [2.05, 4.69) is 5.32 Å². The van der Waals surface area contributed by atoms with Crippen LogP contribution in [-0.2, 0) is 9.53 Å². The average molecular weight is 215 g/mol. The van der Waals surface area contributed by atoms with E-state index in [9.17, 15) is 4.79 Å². The summed E-state index contributed by atoms with van der Waals surface area (Å²) in [4.78, 5) is 11.5. The van der Waals surface area contributed by atoms with Crippen LogP contribution in [-0.4, -0.2) is 36.9 Å².